The average molecular weight is 621 g/mol. The number of isocyanates is 1. The summed E-state index contributed by atoms with van der Waals surface area (Å²) in [7, 11) is -13.4. The molecule has 40 heavy (non-hydrogen) atoms. The van der Waals surface area contributed by atoms with E-state index in [0.717, 1.165) is 22.5 Å². The predicted octanol–water partition coefficient (Wildman–Crippen LogP) is 4.51. The fourth-order valence-corrected chi connectivity index (χ4v) is 4.33. The first kappa shape index (κ1) is 34.5. The highest BCUT2D eigenvalue weighted by atomic mass is 32.3. The highest BCUT2D eigenvalue weighted by Crippen LogP contribution is 2.36. The molecule has 2 aromatic rings. The molecular weight excluding hydrogens is 598 g/mol. The van der Waals surface area contributed by atoms with Gasteiger partial charge in [0, 0.05) is 17.3 Å². The van der Waals surface area contributed by atoms with Crippen LogP contribution in [0.5, 0.6) is 0 Å². The normalized spacial score (nSPS) is 12.0. The number of benzene rings is 1. The Morgan fingerprint density at radius 3 is 2.20 bits per heavy atom. The number of sulfonamides is 2. The van der Waals surface area contributed by atoms with Gasteiger partial charge in [0.2, 0.25) is 6.08 Å². The predicted molar refractivity (Wildman–Crippen MR) is 128 cm³/mol. The van der Waals surface area contributed by atoms with E-state index in [0.29, 0.717) is 17.9 Å². The van der Waals surface area contributed by atoms with Crippen molar-refractivity contribution in [1.82, 2.24) is 0 Å². The summed E-state index contributed by atoms with van der Waals surface area (Å²) >= 11 is 0. The third-order valence-corrected chi connectivity index (χ3v) is 7.18. The molecule has 0 aliphatic heterocycles. The Balaban J connectivity index is 0.000000459. The number of aliphatic imine (C=N–C) groups is 1. The zero-order chi connectivity index (χ0) is 30.8. The number of anilines is 1. The number of nitrogens with zero attached hydrogens (tertiary/aromatic N) is 3. The van der Waals surface area contributed by atoms with E-state index in [-0.39, 0.29) is 6.61 Å². The number of amides is 1. The SMILES string of the molecule is CCCc1ccc[n+](CCOC(=O)Nc2ccc(C)c(N=C=O)c2)c1.O=S(=O)([N-]S(=O)(=O)C(F)(F)F)C(F)(F)F. The number of pyridine rings is 1. The van der Waals surface area contributed by atoms with Crippen LogP contribution in [0.4, 0.5) is 42.5 Å². The van der Waals surface area contributed by atoms with Gasteiger partial charge in [0.15, 0.2) is 45.6 Å². The number of aryl methyl sites for hydroxylation is 2. The Labute approximate surface area is 225 Å². The lowest BCUT2D eigenvalue weighted by atomic mass is 10.2. The van der Waals surface area contributed by atoms with Gasteiger partial charge in [-0.25, -0.2) is 31.0 Å². The van der Waals surface area contributed by atoms with Gasteiger partial charge in [-0.05, 0) is 37.1 Å². The number of hydrogen-bond acceptors (Lipinski definition) is 8. The zero-order valence-corrected chi connectivity index (χ0v) is 22.3. The molecule has 0 aliphatic rings. The molecule has 222 valence electrons. The van der Waals surface area contributed by atoms with Crippen molar-refractivity contribution in [2.75, 3.05) is 11.9 Å². The van der Waals surface area contributed by atoms with Gasteiger partial charge in [-0.15, -0.1) is 0 Å². The fourth-order valence-electron chi connectivity index (χ4n) is 2.62. The van der Waals surface area contributed by atoms with Crippen molar-refractivity contribution < 1.29 is 62.1 Å². The highest BCUT2D eigenvalue weighted by molar-refractivity contribution is 8.13. The van der Waals surface area contributed by atoms with E-state index < -0.39 is 37.2 Å². The molecule has 19 heteroatoms. The summed E-state index contributed by atoms with van der Waals surface area (Å²) in [5, 5.41) is 2.63. The largest absolute Gasteiger partial charge is 0.480 e. The minimum absolute atomic E-state index is 0.261. The molecule has 0 radical (unpaired) electrons. The first-order chi connectivity index (χ1) is 18.3. The van der Waals surface area contributed by atoms with Gasteiger partial charge in [-0.1, -0.05) is 19.4 Å². The number of ether oxygens (including phenoxy) is 1. The summed E-state index contributed by atoms with van der Waals surface area (Å²) in [6.07, 6.45) is 7.09. The smallest absolute Gasteiger partial charge is 0.443 e. The van der Waals surface area contributed by atoms with Gasteiger partial charge in [-0.2, -0.15) is 31.3 Å². The van der Waals surface area contributed by atoms with Crippen LogP contribution in [0.2, 0.25) is 0 Å². The van der Waals surface area contributed by atoms with Gasteiger partial charge in [0.1, 0.15) is 0 Å². The molecule has 0 saturated heterocycles. The Bertz CT molecular complexity index is 1400. The van der Waals surface area contributed by atoms with Gasteiger partial charge in [0.25, 0.3) is 0 Å². The summed E-state index contributed by atoms with van der Waals surface area (Å²) in [4.78, 5) is 25.9. The van der Waals surface area contributed by atoms with Crippen molar-refractivity contribution in [2.45, 2.75) is 44.3 Å². The van der Waals surface area contributed by atoms with Crippen LogP contribution in [0, 0.1) is 6.92 Å². The van der Waals surface area contributed by atoms with Gasteiger partial charge < -0.3 is 8.86 Å². The standard InChI is InChI=1S/C19H21N3O3.C2F6NO4S2/c1-3-5-16-6-4-9-22(13-16)10-11-25-19(24)21-17-8-7-15(2)18(12-17)20-14-23;3-1(4,5)14(10,11)9-15(12,13)2(6,7)8/h4,6-9,12-13H,3,5,10-11H2,1-2H3;/q;-1/p+1. The Morgan fingerprint density at radius 1 is 1.07 bits per heavy atom. The topological polar surface area (TPSA) is 154 Å². The van der Waals surface area contributed by atoms with E-state index in [1.807, 2.05) is 23.8 Å². The van der Waals surface area contributed by atoms with E-state index >= 15 is 0 Å². The second-order valence-electron chi connectivity index (χ2n) is 7.58. The molecule has 1 amide bonds. The van der Waals surface area contributed by atoms with Crippen LogP contribution >= 0.6 is 0 Å². The molecular formula is C21H22F6N4O7S2. The molecule has 1 N–H and O–H groups in total. The van der Waals surface area contributed by atoms with E-state index in [9.17, 15) is 52.8 Å². The fraction of sp³-hybridized carbons (Fsp3) is 0.381. The second-order valence-corrected chi connectivity index (χ2v) is 11.0. The molecule has 0 atom stereocenters. The minimum atomic E-state index is -6.72. The van der Waals surface area contributed by atoms with Crippen LogP contribution in [-0.4, -0.2) is 46.6 Å². The van der Waals surface area contributed by atoms with Crippen LogP contribution in [0.3, 0.4) is 0 Å². The lowest BCUT2D eigenvalue weighted by Gasteiger charge is -2.22. The molecule has 1 aromatic heterocycles. The third-order valence-electron chi connectivity index (χ3n) is 4.44. The lowest BCUT2D eigenvalue weighted by molar-refractivity contribution is -0.698. The van der Waals surface area contributed by atoms with Gasteiger partial charge in [0.05, 0.1) is 5.69 Å². The van der Waals surface area contributed by atoms with Crippen molar-refractivity contribution in [3.05, 3.63) is 58.0 Å². The zero-order valence-electron chi connectivity index (χ0n) is 20.7. The molecule has 11 nitrogen and oxygen atoms in total. The first-order valence-corrected chi connectivity index (χ1v) is 13.7. The number of alkyl halides is 6. The first-order valence-electron chi connectivity index (χ1n) is 10.8. The molecule has 0 unspecified atom stereocenters. The summed E-state index contributed by atoms with van der Waals surface area (Å²) in [6, 6.07) is 9.17. The maximum Gasteiger partial charge on any atom is 0.480 e. The monoisotopic (exact) mass is 620 g/mol. The van der Waals surface area contributed by atoms with Crippen molar-refractivity contribution in [2.24, 2.45) is 4.99 Å². The molecule has 0 aliphatic carbocycles. The molecule has 0 bridgehead atoms. The Hall–Kier alpha value is -3.54. The van der Waals surface area contributed by atoms with E-state index in [4.69, 9.17) is 4.74 Å². The number of halogens is 6. The quantitative estimate of drug-likeness (QED) is 0.187. The molecule has 0 fully saturated rings. The summed E-state index contributed by atoms with van der Waals surface area (Å²) < 4.78 is 116. The number of aromatic nitrogens is 1. The van der Waals surface area contributed by atoms with Crippen LogP contribution < -0.4 is 9.88 Å². The second kappa shape index (κ2) is 14.2. The van der Waals surface area contributed by atoms with Gasteiger partial charge in [-0.3, -0.25) is 5.32 Å². The minimum Gasteiger partial charge on any atom is -0.443 e. The number of carbonyl (C=O) groups is 1. The molecule has 1 aromatic carbocycles. The van der Waals surface area contributed by atoms with Crippen molar-refractivity contribution in [3.8, 4) is 0 Å². The molecule has 2 rings (SSSR count). The summed E-state index contributed by atoms with van der Waals surface area (Å²) in [5.74, 6) is 0. The van der Waals surface area contributed by atoms with Crippen LogP contribution in [0.25, 0.3) is 4.13 Å². The van der Waals surface area contributed by atoms with Crippen molar-refractivity contribution >= 4 is 43.6 Å². The molecule has 0 saturated carbocycles. The molecule has 1 heterocycles. The van der Waals surface area contributed by atoms with Crippen molar-refractivity contribution in [1.29, 1.82) is 0 Å². The maximum atomic E-state index is 11.9. The van der Waals surface area contributed by atoms with Crippen LogP contribution in [-0.2, 0) is 42.5 Å². The van der Waals surface area contributed by atoms with E-state index in [1.165, 1.54) is 11.6 Å². The average Bonchev–Trinajstić information content (AvgIpc) is 2.80. The van der Waals surface area contributed by atoms with E-state index in [1.54, 1.807) is 18.2 Å². The summed E-state index contributed by atoms with van der Waals surface area (Å²) in [5.41, 5.74) is -9.34. The van der Waals surface area contributed by atoms with Crippen LogP contribution in [0.15, 0.2) is 47.7 Å². The number of carbonyl (C=O) groups excluding carboxylic acids is 2. The van der Waals surface area contributed by atoms with Gasteiger partial charge >= 0.3 is 17.1 Å². The lowest BCUT2D eigenvalue weighted by Crippen LogP contribution is -2.36. The Kier molecular flexibility index (Phi) is 12.2. The number of rotatable bonds is 9. The van der Waals surface area contributed by atoms with E-state index in [2.05, 4.69) is 29.5 Å². The number of hydrogen-bond donors (Lipinski definition) is 1. The van der Waals surface area contributed by atoms with Crippen molar-refractivity contribution in [3.63, 3.8) is 0 Å². The number of nitrogens with one attached hydrogen (secondary N) is 1. The molecule has 0 spiro atoms. The Morgan fingerprint density at radius 2 is 1.68 bits per heavy atom. The highest BCUT2D eigenvalue weighted by Gasteiger charge is 2.46. The maximum absolute atomic E-state index is 11.9. The third kappa shape index (κ3) is 10.9. The van der Waals surface area contributed by atoms with Crippen LogP contribution in [0.1, 0.15) is 24.5 Å². The summed E-state index contributed by atoms with van der Waals surface area (Å²) in [6.45, 7) is 4.81.